The van der Waals surface area contributed by atoms with Crippen molar-refractivity contribution in [2.45, 2.75) is 224 Å². The number of alkyl halides is 6. The van der Waals surface area contributed by atoms with Gasteiger partial charge in [0.15, 0.2) is 38.2 Å². The van der Waals surface area contributed by atoms with Crippen LogP contribution in [0.5, 0.6) is 0 Å². The van der Waals surface area contributed by atoms with Crippen molar-refractivity contribution in [1.82, 2.24) is 0 Å². The van der Waals surface area contributed by atoms with Crippen LogP contribution in [0.2, 0.25) is 54.4 Å². The Balaban J connectivity index is 2.50. The number of ether oxygens (including phenoxy) is 3. The molecule has 0 fully saturated rings. The molecular weight excluding hydrogens is 1010 g/mol. The van der Waals surface area contributed by atoms with Crippen molar-refractivity contribution in [2.75, 3.05) is 32.6 Å². The normalized spacial score (nSPS) is 21.2. The second kappa shape index (κ2) is 27.1. The highest BCUT2D eigenvalue weighted by atomic mass is 31.2. The Bertz CT molecular complexity index is 1870. The average Bonchev–Trinajstić information content (AvgIpc) is 3.18. The molecule has 72 heavy (non-hydrogen) atoms. The molecule has 20 heteroatoms. The summed E-state index contributed by atoms with van der Waals surface area (Å²) in [7, 11) is -12.4. The lowest BCUT2D eigenvalue weighted by Crippen LogP contribution is -2.47. The van der Waals surface area contributed by atoms with Gasteiger partial charge in [-0.25, -0.2) is 0 Å². The third kappa shape index (κ3) is 24.6. The quantitative estimate of drug-likeness (QED) is 0.0259. The van der Waals surface area contributed by atoms with E-state index in [9.17, 15) is 35.7 Å². The zero-order valence-corrected chi connectivity index (χ0v) is 50.5. The van der Waals surface area contributed by atoms with E-state index >= 15 is 0 Å². The molecule has 0 bridgehead atoms. The molecule has 7 atom stereocenters. The molecule has 2 aliphatic rings. The van der Waals surface area contributed by atoms with Gasteiger partial charge in [0, 0.05) is 13.0 Å². The van der Waals surface area contributed by atoms with Gasteiger partial charge in [-0.15, -0.1) is 0 Å². The number of esters is 1. The van der Waals surface area contributed by atoms with Gasteiger partial charge >= 0.3 is 25.9 Å². The van der Waals surface area contributed by atoms with Gasteiger partial charge in [0.25, 0.3) is 0 Å². The first-order chi connectivity index (χ1) is 32.5. The number of hydrogen-bond acceptors (Lipinski definition) is 10. The summed E-state index contributed by atoms with van der Waals surface area (Å²) in [5.74, 6) is -1.16. The Morgan fingerprint density at radius 2 is 1.40 bits per heavy atom. The highest BCUT2D eigenvalue weighted by Crippen LogP contribution is 2.50. The molecule has 0 aliphatic carbocycles. The van der Waals surface area contributed by atoms with Gasteiger partial charge in [-0.1, -0.05) is 129 Å². The van der Waals surface area contributed by atoms with Crippen LogP contribution in [0.3, 0.4) is 0 Å². The zero-order valence-electron chi connectivity index (χ0n) is 46.6. The number of carbonyl (C=O) groups excluding carboxylic acids is 1. The standard InChI is InChI=1S/C52H91F6O10PSi3/c1-38-27-29-61-42(32-38)25-26-46(68-72(17,18)50(10,11)12)45(66-47(59)35-69(60,62-36-51(53,54)55)63-37-52(56,57)58)24-20-23-44(67-71(15,16)49(7,8)9)34-40(3)31-39(2)33-43-22-19-21-41(65-43)28-30-64-70(13,14)48(4,5)6/h19-21,23,25-27,39,41-46H,3,22,24,28-37H2,1-2,4-18H3/t39-,41-,42+,43-,44?,45-,46-/m0/s1. The van der Waals surface area contributed by atoms with Crippen LogP contribution >= 0.6 is 7.60 Å². The van der Waals surface area contributed by atoms with Crippen molar-refractivity contribution >= 4 is 38.5 Å². The van der Waals surface area contributed by atoms with Crippen LogP contribution < -0.4 is 0 Å². The summed E-state index contributed by atoms with van der Waals surface area (Å²) >= 11 is 0. The summed E-state index contributed by atoms with van der Waals surface area (Å²) in [6.45, 7) is 37.2. The van der Waals surface area contributed by atoms with E-state index in [1.165, 1.54) is 0 Å². The predicted octanol–water partition coefficient (Wildman–Crippen LogP) is 15.8. The molecule has 0 aromatic rings. The average molecular weight is 1110 g/mol. The van der Waals surface area contributed by atoms with Crippen molar-refractivity contribution in [1.29, 1.82) is 0 Å². The van der Waals surface area contributed by atoms with Gasteiger partial charge < -0.3 is 27.5 Å². The largest absolute Gasteiger partial charge is 0.458 e. The third-order valence-electron chi connectivity index (χ3n) is 14.4. The Kier molecular flexibility index (Phi) is 25.0. The topological polar surface area (TPSA) is 108 Å². The summed E-state index contributed by atoms with van der Waals surface area (Å²) in [4.78, 5) is 13.8. The molecule has 0 spiro atoms. The Morgan fingerprint density at radius 3 is 1.93 bits per heavy atom. The molecule has 0 saturated carbocycles. The van der Waals surface area contributed by atoms with Crippen molar-refractivity contribution < 1.29 is 72.2 Å². The van der Waals surface area contributed by atoms with Crippen LogP contribution in [0.15, 0.2) is 60.3 Å². The first-order valence-electron chi connectivity index (χ1n) is 25.3. The van der Waals surface area contributed by atoms with E-state index in [0.717, 1.165) is 30.4 Å². The Hall–Kier alpha value is -1.65. The van der Waals surface area contributed by atoms with Crippen molar-refractivity contribution in [2.24, 2.45) is 5.92 Å². The molecule has 2 heterocycles. The molecule has 1 unspecified atom stereocenters. The second-order valence-corrected chi connectivity index (χ2v) is 40.7. The molecule has 418 valence electrons. The minimum Gasteiger partial charge on any atom is -0.458 e. The maximum Gasteiger partial charge on any atom is 0.412 e. The van der Waals surface area contributed by atoms with Crippen molar-refractivity contribution in [3.63, 3.8) is 0 Å². The zero-order chi connectivity index (χ0) is 55.4. The van der Waals surface area contributed by atoms with Crippen LogP contribution in [0.1, 0.15) is 121 Å². The molecule has 0 N–H and O–H groups in total. The molecule has 0 radical (unpaired) electrons. The first kappa shape index (κ1) is 66.5. The van der Waals surface area contributed by atoms with Crippen LogP contribution in [-0.2, 0) is 45.9 Å². The molecule has 0 aromatic heterocycles. The predicted molar refractivity (Wildman–Crippen MR) is 284 cm³/mol. The number of rotatable bonds is 27. The second-order valence-electron chi connectivity index (χ2n) is 24.4. The fraction of sp³-hybridized carbons (Fsp3) is 0.788. The first-order valence-corrected chi connectivity index (χ1v) is 35.8. The summed E-state index contributed by atoms with van der Waals surface area (Å²) in [5.41, 5.74) is 2.07. The smallest absolute Gasteiger partial charge is 0.412 e. The van der Waals surface area contributed by atoms with Crippen molar-refractivity contribution in [3.8, 4) is 0 Å². The van der Waals surface area contributed by atoms with Gasteiger partial charge in [0.1, 0.15) is 18.4 Å². The lowest BCUT2D eigenvalue weighted by molar-refractivity contribution is -0.167. The monoisotopic (exact) mass is 1100 g/mol. The fourth-order valence-corrected chi connectivity index (χ4v) is 12.1. The summed E-state index contributed by atoms with van der Waals surface area (Å²) in [6, 6.07) is 0. The van der Waals surface area contributed by atoms with E-state index in [-0.39, 0.29) is 45.8 Å². The van der Waals surface area contributed by atoms with E-state index in [1.807, 2.05) is 52.9 Å². The van der Waals surface area contributed by atoms with Crippen LogP contribution in [0, 0.1) is 5.92 Å². The number of hydrogen-bond donors (Lipinski definition) is 0. The maximum atomic E-state index is 13.8. The number of halogens is 6. The van der Waals surface area contributed by atoms with Gasteiger partial charge in [0.05, 0.1) is 31.0 Å². The highest BCUT2D eigenvalue weighted by molar-refractivity contribution is 7.54. The summed E-state index contributed by atoms with van der Waals surface area (Å²) in [6.07, 6.45) is 2.98. The van der Waals surface area contributed by atoms with Crippen molar-refractivity contribution in [3.05, 3.63) is 60.3 Å². The van der Waals surface area contributed by atoms with Crippen LogP contribution in [0.25, 0.3) is 0 Å². The SMILES string of the molecule is C=C(CC(C=CC[C@H](OC(=O)CP(=O)(OCC(F)(F)F)OCC(F)(F)F)[C@H](C=C[C@@H]1CC(C)=CCO1)O[Si](C)(C)C(C)(C)C)O[Si](C)(C)C(C)(C)C)C[C@H](C)C[C@@H]1CC=C[C@@H](CCO[Si](C)(C)C(C)(C)C)O1. The van der Waals surface area contributed by atoms with Crippen LogP contribution in [-0.4, -0.2) is 112 Å². The van der Waals surface area contributed by atoms with E-state index < -0.39 is 88.6 Å². The van der Waals surface area contributed by atoms with Crippen LogP contribution in [0.4, 0.5) is 26.3 Å². The molecule has 0 saturated heterocycles. The van der Waals surface area contributed by atoms with Gasteiger partial charge in [-0.05, 0) is 106 Å². The molecule has 2 aliphatic heterocycles. The van der Waals surface area contributed by atoms with E-state index in [0.29, 0.717) is 32.5 Å². The van der Waals surface area contributed by atoms with E-state index in [2.05, 4.69) is 102 Å². The Morgan fingerprint density at radius 1 is 0.847 bits per heavy atom. The molecule has 10 nitrogen and oxygen atoms in total. The molecular formula is C52H91F6O10PSi3. The minimum absolute atomic E-state index is 0.0150. The Labute approximate surface area is 432 Å². The third-order valence-corrected chi connectivity index (χ3v) is 29.6. The number of carbonyl (C=O) groups is 1. The summed E-state index contributed by atoms with van der Waals surface area (Å²) < 4.78 is 140. The minimum atomic E-state index is -5.36. The lowest BCUT2D eigenvalue weighted by atomic mass is 9.91. The fourth-order valence-electron chi connectivity index (χ4n) is 7.13. The van der Waals surface area contributed by atoms with E-state index in [4.69, 9.17) is 27.5 Å². The maximum absolute atomic E-state index is 13.8. The molecule has 0 aromatic carbocycles. The molecule has 0 amide bonds. The molecule has 2 rings (SSSR count). The highest BCUT2D eigenvalue weighted by Gasteiger charge is 2.44. The van der Waals surface area contributed by atoms with Gasteiger partial charge in [-0.3, -0.25) is 18.4 Å². The lowest BCUT2D eigenvalue weighted by Gasteiger charge is -2.40. The van der Waals surface area contributed by atoms with Gasteiger partial charge in [0.2, 0.25) is 0 Å². The summed E-state index contributed by atoms with van der Waals surface area (Å²) in [5, 5.41) is -0.389. The van der Waals surface area contributed by atoms with Gasteiger partial charge in [-0.2, -0.15) is 26.3 Å². The van der Waals surface area contributed by atoms with E-state index in [1.54, 1.807) is 18.2 Å².